The van der Waals surface area contributed by atoms with E-state index in [4.69, 9.17) is 9.47 Å². The SMILES string of the molecule is COc1ccc(C(=O)CCCCC(=O)NC(CN2CCCC2)C(O)c2ccc(OCC3CCC3)cc2)cc1. The van der Waals surface area contributed by atoms with Gasteiger partial charge in [-0.2, -0.15) is 0 Å². The molecule has 0 bridgehead atoms. The Bertz CT molecular complexity index is 1010. The quantitative estimate of drug-likeness (QED) is 0.255. The Morgan fingerprint density at radius 1 is 0.947 bits per heavy atom. The predicted octanol–water partition coefficient (Wildman–Crippen LogP) is 4.93. The average molecular weight is 523 g/mol. The van der Waals surface area contributed by atoms with Crippen molar-refractivity contribution in [2.45, 2.75) is 69.9 Å². The van der Waals surface area contributed by atoms with Crippen molar-refractivity contribution < 1.29 is 24.2 Å². The van der Waals surface area contributed by atoms with Gasteiger partial charge in [0.15, 0.2) is 5.78 Å². The minimum atomic E-state index is -0.808. The number of rotatable bonds is 15. The van der Waals surface area contributed by atoms with E-state index in [9.17, 15) is 14.7 Å². The number of benzene rings is 2. The number of amides is 1. The van der Waals surface area contributed by atoms with Crippen LogP contribution in [0.5, 0.6) is 11.5 Å². The predicted molar refractivity (Wildman–Crippen MR) is 148 cm³/mol. The number of ether oxygens (including phenoxy) is 2. The van der Waals surface area contributed by atoms with Crippen LogP contribution in [-0.2, 0) is 4.79 Å². The summed E-state index contributed by atoms with van der Waals surface area (Å²) in [5.74, 6) is 2.18. The molecular formula is C31H42N2O5. The Morgan fingerprint density at radius 2 is 1.61 bits per heavy atom. The van der Waals surface area contributed by atoms with Crippen molar-refractivity contribution in [3.8, 4) is 11.5 Å². The lowest BCUT2D eigenvalue weighted by molar-refractivity contribution is -0.123. The number of nitrogens with one attached hydrogen (secondary N) is 1. The lowest BCUT2D eigenvalue weighted by atomic mass is 9.86. The summed E-state index contributed by atoms with van der Waals surface area (Å²) in [7, 11) is 1.60. The fourth-order valence-corrected chi connectivity index (χ4v) is 5.11. The summed E-state index contributed by atoms with van der Waals surface area (Å²) in [5.41, 5.74) is 1.43. The third-order valence-corrected chi connectivity index (χ3v) is 7.78. The molecule has 206 valence electrons. The second-order valence-corrected chi connectivity index (χ2v) is 10.7. The van der Waals surface area contributed by atoms with E-state index in [1.807, 2.05) is 24.3 Å². The number of aliphatic hydroxyl groups is 1. The topological polar surface area (TPSA) is 88.1 Å². The van der Waals surface area contributed by atoms with E-state index in [-0.39, 0.29) is 11.7 Å². The molecule has 1 saturated carbocycles. The lowest BCUT2D eigenvalue weighted by Gasteiger charge is -2.29. The molecule has 1 saturated heterocycles. The maximum atomic E-state index is 12.8. The number of likely N-dealkylation sites (tertiary alicyclic amines) is 1. The molecule has 1 amide bonds. The number of methoxy groups -OCH3 is 1. The fraction of sp³-hybridized carbons (Fsp3) is 0.548. The van der Waals surface area contributed by atoms with Gasteiger partial charge >= 0.3 is 0 Å². The van der Waals surface area contributed by atoms with Crippen LogP contribution < -0.4 is 14.8 Å². The van der Waals surface area contributed by atoms with Gasteiger partial charge in [-0.1, -0.05) is 18.6 Å². The number of ketones is 1. The first-order valence-corrected chi connectivity index (χ1v) is 14.1. The van der Waals surface area contributed by atoms with Gasteiger partial charge < -0.3 is 24.8 Å². The highest BCUT2D eigenvalue weighted by atomic mass is 16.5. The van der Waals surface area contributed by atoms with Crippen LogP contribution in [0.15, 0.2) is 48.5 Å². The molecule has 2 atom stereocenters. The second-order valence-electron chi connectivity index (χ2n) is 10.7. The first-order valence-electron chi connectivity index (χ1n) is 14.1. The van der Waals surface area contributed by atoms with Crippen LogP contribution >= 0.6 is 0 Å². The van der Waals surface area contributed by atoms with Crippen molar-refractivity contribution in [1.29, 1.82) is 0 Å². The Balaban J connectivity index is 1.25. The van der Waals surface area contributed by atoms with Crippen LogP contribution in [0, 0.1) is 5.92 Å². The van der Waals surface area contributed by atoms with Gasteiger partial charge in [0.2, 0.25) is 5.91 Å². The van der Waals surface area contributed by atoms with Crippen molar-refractivity contribution in [2.24, 2.45) is 5.92 Å². The summed E-state index contributed by atoms with van der Waals surface area (Å²) in [6.45, 7) is 3.34. The van der Waals surface area contributed by atoms with Crippen molar-refractivity contribution in [2.75, 3.05) is 33.4 Å². The van der Waals surface area contributed by atoms with Gasteiger partial charge in [0.05, 0.1) is 19.8 Å². The summed E-state index contributed by atoms with van der Waals surface area (Å²) >= 11 is 0. The van der Waals surface area contributed by atoms with E-state index in [0.29, 0.717) is 43.7 Å². The molecule has 0 aromatic heterocycles. The standard InChI is InChI=1S/C31H42N2O5/c1-37-26-15-11-24(12-16-26)29(34)9-2-3-10-30(35)32-28(21-33-19-4-5-20-33)31(36)25-13-17-27(18-14-25)38-22-23-7-6-8-23/h11-18,23,28,31,36H,2-10,19-22H2,1H3,(H,32,35). The molecule has 7 heteroatoms. The van der Waals surface area contributed by atoms with Crippen molar-refractivity contribution in [3.63, 3.8) is 0 Å². The van der Waals surface area contributed by atoms with Crippen LogP contribution in [0.2, 0.25) is 0 Å². The Kier molecular flexibility index (Phi) is 10.6. The van der Waals surface area contributed by atoms with E-state index in [0.717, 1.165) is 49.6 Å². The lowest BCUT2D eigenvalue weighted by Crippen LogP contribution is -2.46. The molecule has 2 unspecified atom stereocenters. The van der Waals surface area contributed by atoms with Crippen molar-refractivity contribution in [3.05, 3.63) is 59.7 Å². The number of hydrogen-bond donors (Lipinski definition) is 2. The van der Waals surface area contributed by atoms with E-state index >= 15 is 0 Å². The third kappa shape index (κ3) is 8.30. The third-order valence-electron chi connectivity index (χ3n) is 7.78. The molecule has 2 N–H and O–H groups in total. The molecule has 2 aliphatic rings. The summed E-state index contributed by atoms with van der Waals surface area (Å²) in [6.07, 6.45) is 7.25. The Hall–Kier alpha value is -2.90. The van der Waals surface area contributed by atoms with Crippen molar-refractivity contribution >= 4 is 11.7 Å². The van der Waals surface area contributed by atoms with E-state index in [1.165, 1.54) is 19.3 Å². The number of carbonyl (C=O) groups is 2. The molecule has 1 aliphatic heterocycles. The minimum Gasteiger partial charge on any atom is -0.497 e. The van der Waals surface area contributed by atoms with Gasteiger partial charge in [-0.3, -0.25) is 9.59 Å². The zero-order valence-corrected chi connectivity index (χ0v) is 22.6. The second kappa shape index (κ2) is 14.3. The molecule has 1 aliphatic carbocycles. The number of carbonyl (C=O) groups excluding carboxylic acids is 2. The normalized spacial score (nSPS) is 17.4. The maximum Gasteiger partial charge on any atom is 0.220 e. The highest BCUT2D eigenvalue weighted by Gasteiger charge is 2.27. The average Bonchev–Trinajstić information content (AvgIpc) is 3.43. The zero-order valence-electron chi connectivity index (χ0n) is 22.6. The zero-order chi connectivity index (χ0) is 26.7. The summed E-state index contributed by atoms with van der Waals surface area (Å²) in [6, 6.07) is 14.3. The molecule has 4 rings (SSSR count). The van der Waals surface area contributed by atoms with Crippen LogP contribution in [0.4, 0.5) is 0 Å². The van der Waals surface area contributed by atoms with Gasteiger partial charge in [-0.15, -0.1) is 0 Å². The van der Waals surface area contributed by atoms with E-state index in [2.05, 4.69) is 10.2 Å². The van der Waals surface area contributed by atoms with Crippen LogP contribution in [0.1, 0.15) is 79.8 Å². The number of nitrogens with zero attached hydrogens (tertiary/aromatic N) is 1. The van der Waals surface area contributed by atoms with Gasteiger partial charge in [0, 0.05) is 24.9 Å². The monoisotopic (exact) mass is 522 g/mol. The first-order chi connectivity index (χ1) is 18.5. The largest absolute Gasteiger partial charge is 0.497 e. The van der Waals surface area contributed by atoms with Gasteiger partial charge in [-0.05, 0) is 99.5 Å². The van der Waals surface area contributed by atoms with Gasteiger partial charge in [-0.25, -0.2) is 0 Å². The minimum absolute atomic E-state index is 0.0653. The highest BCUT2D eigenvalue weighted by Crippen LogP contribution is 2.28. The summed E-state index contributed by atoms with van der Waals surface area (Å²) < 4.78 is 11.0. The highest BCUT2D eigenvalue weighted by molar-refractivity contribution is 5.96. The first kappa shape index (κ1) is 28.1. The van der Waals surface area contributed by atoms with Crippen LogP contribution in [0.25, 0.3) is 0 Å². The van der Waals surface area contributed by atoms with Crippen LogP contribution in [-0.4, -0.2) is 61.1 Å². The van der Waals surface area contributed by atoms with E-state index in [1.54, 1.807) is 31.4 Å². The number of Topliss-reactive ketones (excluding diaryl/α,β-unsaturated/α-hetero) is 1. The van der Waals surface area contributed by atoms with Crippen LogP contribution in [0.3, 0.4) is 0 Å². The molecule has 2 aromatic carbocycles. The van der Waals surface area contributed by atoms with Gasteiger partial charge in [0.25, 0.3) is 0 Å². The van der Waals surface area contributed by atoms with Crippen molar-refractivity contribution in [1.82, 2.24) is 10.2 Å². The molecule has 38 heavy (non-hydrogen) atoms. The molecule has 0 spiro atoms. The number of hydrogen-bond acceptors (Lipinski definition) is 6. The van der Waals surface area contributed by atoms with Gasteiger partial charge in [0.1, 0.15) is 17.6 Å². The summed E-state index contributed by atoms with van der Waals surface area (Å²) in [5, 5.41) is 14.3. The Morgan fingerprint density at radius 3 is 2.24 bits per heavy atom. The Labute approximate surface area is 226 Å². The molecule has 0 radical (unpaired) electrons. The number of aliphatic hydroxyl groups excluding tert-OH is 1. The molecule has 7 nitrogen and oxygen atoms in total. The molecule has 2 aromatic rings. The molecule has 1 heterocycles. The number of unbranched alkanes of at least 4 members (excludes halogenated alkanes) is 1. The fourth-order valence-electron chi connectivity index (χ4n) is 5.11. The molecule has 2 fully saturated rings. The van der Waals surface area contributed by atoms with E-state index < -0.39 is 12.1 Å². The summed E-state index contributed by atoms with van der Waals surface area (Å²) in [4.78, 5) is 27.6. The smallest absolute Gasteiger partial charge is 0.220 e. The molecular weight excluding hydrogens is 480 g/mol. The maximum absolute atomic E-state index is 12.8.